The van der Waals surface area contributed by atoms with E-state index in [1.54, 1.807) is 0 Å². The van der Waals surface area contributed by atoms with Crippen molar-refractivity contribution in [3.05, 3.63) is 33.8 Å². The number of aryl methyl sites for hydroxylation is 1. The maximum absolute atomic E-state index is 12.1. The summed E-state index contributed by atoms with van der Waals surface area (Å²) in [5.41, 5.74) is 2.21. The van der Waals surface area contributed by atoms with Crippen LogP contribution in [-0.4, -0.2) is 11.8 Å². The van der Waals surface area contributed by atoms with Gasteiger partial charge in [-0.05, 0) is 36.5 Å². The third kappa shape index (κ3) is 3.29. The summed E-state index contributed by atoms with van der Waals surface area (Å²) in [5.74, 6) is 0.0119. The molecule has 1 aromatic rings. The van der Waals surface area contributed by atoms with Gasteiger partial charge >= 0.3 is 0 Å². The van der Waals surface area contributed by atoms with Crippen LogP contribution in [0.25, 0.3) is 0 Å². The summed E-state index contributed by atoms with van der Waals surface area (Å²) in [6, 6.07) is 6.09. The van der Waals surface area contributed by atoms with Crippen LogP contribution in [0.5, 0.6) is 0 Å². The molecule has 0 aliphatic carbocycles. The Hall–Kier alpha value is -1.16. The number of piperidine rings is 1. The van der Waals surface area contributed by atoms with Crippen molar-refractivity contribution in [2.45, 2.75) is 39.5 Å². The largest absolute Gasteiger partial charge is 0.296 e. The van der Waals surface area contributed by atoms with Crippen molar-refractivity contribution in [3.63, 3.8) is 0 Å². The van der Waals surface area contributed by atoms with E-state index in [9.17, 15) is 9.59 Å². The molecule has 108 valence electrons. The number of rotatable bonds is 3. The quantitative estimate of drug-likeness (QED) is 0.857. The molecule has 2 unspecified atom stereocenters. The van der Waals surface area contributed by atoms with Gasteiger partial charge in [0, 0.05) is 22.7 Å². The van der Waals surface area contributed by atoms with E-state index in [1.807, 2.05) is 19.1 Å². The SMILES string of the molecule is Cc1cc(C2CC(=O)NC(=O)C2CC(C)C)ccc1Br. The summed E-state index contributed by atoms with van der Waals surface area (Å²) in [6.07, 6.45) is 1.20. The molecule has 0 saturated carbocycles. The van der Waals surface area contributed by atoms with Crippen molar-refractivity contribution in [2.24, 2.45) is 11.8 Å². The van der Waals surface area contributed by atoms with Gasteiger partial charge in [-0.3, -0.25) is 14.9 Å². The van der Waals surface area contributed by atoms with Gasteiger partial charge in [0.2, 0.25) is 11.8 Å². The second-order valence-corrected chi connectivity index (χ2v) is 6.82. The van der Waals surface area contributed by atoms with E-state index in [2.05, 4.69) is 41.2 Å². The number of halogens is 1. The average molecular weight is 338 g/mol. The Bertz CT molecular complexity index is 539. The van der Waals surface area contributed by atoms with Crippen molar-refractivity contribution in [1.82, 2.24) is 5.32 Å². The van der Waals surface area contributed by atoms with Gasteiger partial charge in [0.05, 0.1) is 0 Å². The standard InChI is InChI=1S/C16H20BrNO2/c1-9(2)6-13-12(8-15(19)18-16(13)20)11-4-5-14(17)10(3)7-11/h4-5,7,9,12-13H,6,8H2,1-3H3,(H,18,19,20). The van der Waals surface area contributed by atoms with Crippen LogP contribution < -0.4 is 5.32 Å². The maximum Gasteiger partial charge on any atom is 0.230 e. The van der Waals surface area contributed by atoms with E-state index >= 15 is 0 Å². The summed E-state index contributed by atoms with van der Waals surface area (Å²) in [7, 11) is 0. The molecule has 4 heteroatoms. The van der Waals surface area contributed by atoms with Gasteiger partial charge in [0.1, 0.15) is 0 Å². The number of benzene rings is 1. The lowest BCUT2D eigenvalue weighted by molar-refractivity contribution is -0.137. The minimum atomic E-state index is -0.166. The zero-order valence-electron chi connectivity index (χ0n) is 12.1. The first-order valence-electron chi connectivity index (χ1n) is 6.98. The van der Waals surface area contributed by atoms with Gasteiger partial charge in [0.15, 0.2) is 0 Å². The Balaban J connectivity index is 2.34. The van der Waals surface area contributed by atoms with Crippen molar-refractivity contribution in [3.8, 4) is 0 Å². The molecular weight excluding hydrogens is 318 g/mol. The van der Waals surface area contributed by atoms with Gasteiger partial charge in [-0.2, -0.15) is 0 Å². The number of imide groups is 1. The molecule has 3 nitrogen and oxygen atoms in total. The van der Waals surface area contributed by atoms with Crippen LogP contribution in [-0.2, 0) is 9.59 Å². The van der Waals surface area contributed by atoms with E-state index in [-0.39, 0.29) is 23.7 Å². The number of nitrogens with one attached hydrogen (secondary N) is 1. The van der Waals surface area contributed by atoms with Crippen LogP contribution in [0.4, 0.5) is 0 Å². The lowest BCUT2D eigenvalue weighted by atomic mass is 9.76. The second kappa shape index (κ2) is 6.08. The molecule has 0 radical (unpaired) electrons. The molecule has 1 fully saturated rings. The van der Waals surface area contributed by atoms with E-state index in [0.29, 0.717) is 12.3 Å². The fraction of sp³-hybridized carbons (Fsp3) is 0.500. The normalized spacial score (nSPS) is 23.1. The predicted octanol–water partition coefficient (Wildman–Crippen LogP) is 3.55. The Kier molecular flexibility index (Phi) is 4.63. The van der Waals surface area contributed by atoms with Crippen LogP contribution in [0, 0.1) is 18.8 Å². The predicted molar refractivity (Wildman–Crippen MR) is 82.3 cm³/mol. The number of hydrogen-bond donors (Lipinski definition) is 1. The maximum atomic E-state index is 12.1. The molecule has 0 bridgehead atoms. The fourth-order valence-corrected chi connectivity index (χ4v) is 3.08. The molecule has 0 aromatic heterocycles. The van der Waals surface area contributed by atoms with Gasteiger partial charge in [-0.15, -0.1) is 0 Å². The fourth-order valence-electron chi connectivity index (χ4n) is 2.83. The highest BCUT2D eigenvalue weighted by atomic mass is 79.9. The van der Waals surface area contributed by atoms with Gasteiger partial charge in [-0.25, -0.2) is 0 Å². The average Bonchev–Trinajstić information content (AvgIpc) is 2.35. The first-order valence-corrected chi connectivity index (χ1v) is 7.77. The Morgan fingerprint density at radius 3 is 2.65 bits per heavy atom. The molecule has 2 rings (SSSR count). The van der Waals surface area contributed by atoms with E-state index in [1.165, 1.54) is 0 Å². The molecule has 0 spiro atoms. The van der Waals surface area contributed by atoms with Crippen molar-refractivity contribution in [2.75, 3.05) is 0 Å². The Morgan fingerprint density at radius 2 is 2.05 bits per heavy atom. The number of amides is 2. The van der Waals surface area contributed by atoms with Gasteiger partial charge < -0.3 is 0 Å². The van der Waals surface area contributed by atoms with Crippen LogP contribution in [0.15, 0.2) is 22.7 Å². The van der Waals surface area contributed by atoms with E-state index < -0.39 is 0 Å². The lowest BCUT2D eigenvalue weighted by Gasteiger charge is -2.31. The summed E-state index contributed by atoms with van der Waals surface area (Å²) in [5, 5.41) is 2.47. The van der Waals surface area contributed by atoms with Crippen molar-refractivity contribution < 1.29 is 9.59 Å². The first kappa shape index (κ1) is 15.2. The Labute approximate surface area is 128 Å². The van der Waals surface area contributed by atoms with Gasteiger partial charge in [0.25, 0.3) is 0 Å². The topological polar surface area (TPSA) is 46.2 Å². The van der Waals surface area contributed by atoms with E-state index in [4.69, 9.17) is 0 Å². The zero-order valence-corrected chi connectivity index (χ0v) is 13.7. The van der Waals surface area contributed by atoms with Crippen LogP contribution >= 0.6 is 15.9 Å². The lowest BCUT2D eigenvalue weighted by Crippen LogP contribution is -2.45. The highest BCUT2D eigenvalue weighted by Crippen LogP contribution is 2.36. The summed E-state index contributed by atoms with van der Waals surface area (Å²) in [4.78, 5) is 23.8. The molecule has 1 heterocycles. The smallest absolute Gasteiger partial charge is 0.230 e. The highest BCUT2D eigenvalue weighted by Gasteiger charge is 2.36. The molecule has 1 saturated heterocycles. The van der Waals surface area contributed by atoms with Crippen LogP contribution in [0.3, 0.4) is 0 Å². The highest BCUT2D eigenvalue weighted by molar-refractivity contribution is 9.10. The molecule has 1 aromatic carbocycles. The first-order chi connectivity index (χ1) is 9.38. The molecule has 20 heavy (non-hydrogen) atoms. The number of carbonyl (C=O) groups is 2. The van der Waals surface area contributed by atoms with Crippen molar-refractivity contribution in [1.29, 1.82) is 0 Å². The third-order valence-corrected chi connectivity index (χ3v) is 4.72. The third-order valence-electron chi connectivity index (χ3n) is 3.83. The Morgan fingerprint density at radius 1 is 1.35 bits per heavy atom. The van der Waals surface area contributed by atoms with Crippen LogP contribution in [0.1, 0.15) is 43.7 Å². The minimum Gasteiger partial charge on any atom is -0.296 e. The molecule has 1 aliphatic heterocycles. The summed E-state index contributed by atoms with van der Waals surface area (Å²) >= 11 is 3.49. The molecule has 1 N–H and O–H groups in total. The van der Waals surface area contributed by atoms with Gasteiger partial charge in [-0.1, -0.05) is 41.9 Å². The van der Waals surface area contributed by atoms with Crippen molar-refractivity contribution >= 4 is 27.7 Å². The molecular formula is C16H20BrNO2. The summed E-state index contributed by atoms with van der Waals surface area (Å²) in [6.45, 7) is 6.23. The monoisotopic (exact) mass is 337 g/mol. The van der Waals surface area contributed by atoms with Crippen LogP contribution in [0.2, 0.25) is 0 Å². The zero-order chi connectivity index (χ0) is 14.9. The summed E-state index contributed by atoms with van der Waals surface area (Å²) < 4.78 is 1.05. The molecule has 1 aliphatic rings. The molecule has 2 atom stereocenters. The van der Waals surface area contributed by atoms with E-state index in [0.717, 1.165) is 22.0 Å². The number of hydrogen-bond acceptors (Lipinski definition) is 2. The number of carbonyl (C=O) groups excluding carboxylic acids is 2. The molecule has 2 amide bonds. The minimum absolute atomic E-state index is 0.00884. The second-order valence-electron chi connectivity index (χ2n) is 5.97.